The van der Waals surface area contributed by atoms with Gasteiger partial charge in [-0.25, -0.2) is 4.98 Å². The Labute approximate surface area is 372 Å². The van der Waals surface area contributed by atoms with Gasteiger partial charge in [0.1, 0.15) is 30.2 Å². The number of unbranched alkanes of at least 4 members (excludes halogenated alkanes) is 9. The summed E-state index contributed by atoms with van der Waals surface area (Å²) in [4.78, 5) is 18.0. The molecular formula is C51H70N4O8. The van der Waals surface area contributed by atoms with Crippen molar-refractivity contribution in [2.24, 2.45) is 0 Å². The fourth-order valence-corrected chi connectivity index (χ4v) is 8.64. The number of benzene rings is 1. The lowest BCUT2D eigenvalue weighted by Gasteiger charge is -2.28. The first kappa shape index (κ1) is 48.1. The Morgan fingerprint density at radius 1 is 0.619 bits per heavy atom. The molecule has 0 fully saturated rings. The van der Waals surface area contributed by atoms with Gasteiger partial charge < -0.3 is 50.1 Å². The Morgan fingerprint density at radius 3 is 1.75 bits per heavy atom. The molecule has 12 heteroatoms. The van der Waals surface area contributed by atoms with Gasteiger partial charge in [-0.2, -0.15) is 0 Å². The molecular weight excluding hydrogens is 797 g/mol. The number of fused-ring (bicyclic) bond motifs is 8. The van der Waals surface area contributed by atoms with Gasteiger partial charge in [-0.05, 0) is 111 Å². The average Bonchev–Trinajstić information content (AvgIpc) is 4.12. The molecule has 2 aliphatic heterocycles. The first-order valence-corrected chi connectivity index (χ1v) is 23.4. The van der Waals surface area contributed by atoms with Gasteiger partial charge in [-0.1, -0.05) is 90.7 Å². The van der Waals surface area contributed by atoms with Crippen LogP contribution in [0.15, 0.2) is 48.5 Å². The van der Waals surface area contributed by atoms with Crippen LogP contribution in [0.1, 0.15) is 156 Å². The molecule has 2 aliphatic rings. The second-order valence-corrected chi connectivity index (χ2v) is 17.2. The summed E-state index contributed by atoms with van der Waals surface area (Å²) >= 11 is 0. The maximum atomic E-state index is 11.9. The summed E-state index contributed by atoms with van der Waals surface area (Å²) in [6.45, 7) is 6.86. The van der Waals surface area contributed by atoms with Crippen LogP contribution in [0.2, 0.25) is 0 Å². The summed E-state index contributed by atoms with van der Waals surface area (Å²) in [6.07, 6.45) is 11.4. The highest BCUT2D eigenvalue weighted by molar-refractivity contribution is 5.92. The summed E-state index contributed by atoms with van der Waals surface area (Å²) in [5.41, 5.74) is 10.3. The minimum absolute atomic E-state index is 0.318. The summed E-state index contributed by atoms with van der Waals surface area (Å²) in [5, 5.41) is 64.4. The van der Waals surface area contributed by atoms with E-state index in [9.17, 15) is 30.6 Å². The lowest BCUT2D eigenvalue weighted by atomic mass is 9.98. The van der Waals surface area contributed by atoms with E-state index in [0.29, 0.717) is 41.4 Å². The number of nitrogens with zero attached hydrogens (tertiary/aromatic N) is 2. The second-order valence-electron chi connectivity index (χ2n) is 17.2. The van der Waals surface area contributed by atoms with Crippen LogP contribution in [0.25, 0.3) is 45.3 Å². The molecule has 6 rings (SSSR count). The molecule has 0 spiro atoms. The van der Waals surface area contributed by atoms with Crippen LogP contribution < -0.4 is 4.74 Å². The fraction of sp³-hybridized carbons (Fsp3) is 0.529. The molecule has 12 nitrogen and oxygen atoms in total. The molecule has 1 aromatic carbocycles. The van der Waals surface area contributed by atoms with Crippen molar-refractivity contribution in [2.45, 2.75) is 161 Å². The normalized spacial score (nSPS) is 16.9. The zero-order valence-corrected chi connectivity index (χ0v) is 37.7. The monoisotopic (exact) mass is 867 g/mol. The third-order valence-corrected chi connectivity index (χ3v) is 12.3. The van der Waals surface area contributed by atoms with Crippen LogP contribution in [0, 0.1) is 0 Å². The number of nitrogens with one attached hydrogen (secondary N) is 2. The van der Waals surface area contributed by atoms with Crippen molar-refractivity contribution in [3.8, 4) is 16.9 Å². The lowest BCUT2D eigenvalue weighted by molar-refractivity contribution is -0.205. The molecule has 5 heterocycles. The van der Waals surface area contributed by atoms with Crippen molar-refractivity contribution in [1.29, 1.82) is 0 Å². The molecule has 8 N–H and O–H groups in total. The van der Waals surface area contributed by atoms with Crippen molar-refractivity contribution in [3.63, 3.8) is 0 Å². The number of rotatable bonds is 24. The maximum Gasteiger partial charge on any atom is 0.228 e. The minimum atomic E-state index is -1.46. The van der Waals surface area contributed by atoms with Crippen LogP contribution in [-0.4, -0.2) is 88.4 Å². The second kappa shape index (κ2) is 23.5. The lowest BCUT2D eigenvalue weighted by Crippen LogP contribution is -2.43. The highest BCUT2D eigenvalue weighted by Gasteiger charge is 2.34. The topological polar surface area (TPSA) is 197 Å². The number of aliphatic hydroxyl groups is 6. The van der Waals surface area contributed by atoms with Gasteiger partial charge in [0.05, 0.1) is 42.1 Å². The number of ether oxygens (including phenoxy) is 2. The van der Waals surface area contributed by atoms with Crippen molar-refractivity contribution in [2.75, 3.05) is 13.2 Å². The molecule has 6 atom stereocenters. The van der Waals surface area contributed by atoms with Crippen LogP contribution in [0.4, 0.5) is 0 Å². The van der Waals surface area contributed by atoms with Crippen LogP contribution >= 0.6 is 0 Å². The van der Waals surface area contributed by atoms with E-state index < -0.39 is 50.0 Å². The van der Waals surface area contributed by atoms with Crippen LogP contribution in [-0.2, 0) is 24.0 Å². The number of aromatic amines is 2. The SMILES string of the molecule is CCCCCCc1c2nc(c(-c3cccc(OC(OC(CO)[C@H](C)O)[C@@H](O)CO)c3)c3ccc([nH]3)c(CCCCCC)c3ccc([nH]3)c(CCCCCC)c3nc1[C@@H](O)[C@H]3O)C=C2. The van der Waals surface area contributed by atoms with Crippen LogP contribution in [0.3, 0.4) is 0 Å². The highest BCUT2D eigenvalue weighted by Crippen LogP contribution is 2.40. The number of hydrogen-bond donors (Lipinski definition) is 8. The summed E-state index contributed by atoms with van der Waals surface area (Å²) in [6, 6.07) is 15.7. The number of aromatic nitrogens is 4. The molecule has 0 saturated carbocycles. The molecule has 8 bridgehead atoms. The molecule has 0 amide bonds. The first-order valence-electron chi connectivity index (χ1n) is 23.4. The zero-order chi connectivity index (χ0) is 44.9. The summed E-state index contributed by atoms with van der Waals surface area (Å²) in [5.74, 6) is 0.318. The van der Waals surface area contributed by atoms with Gasteiger partial charge >= 0.3 is 0 Å². The molecule has 0 radical (unpaired) electrons. The van der Waals surface area contributed by atoms with Crippen molar-refractivity contribution >= 4 is 34.2 Å². The van der Waals surface area contributed by atoms with E-state index in [0.717, 1.165) is 133 Å². The van der Waals surface area contributed by atoms with E-state index in [1.54, 1.807) is 6.07 Å². The predicted octanol–water partition coefficient (Wildman–Crippen LogP) is 9.10. The Hall–Kier alpha value is -4.40. The Morgan fingerprint density at radius 2 is 1.16 bits per heavy atom. The Bertz CT molecular complexity index is 2280. The Balaban J connectivity index is 1.63. The predicted molar refractivity (Wildman–Crippen MR) is 250 cm³/mol. The van der Waals surface area contributed by atoms with Crippen LogP contribution in [0.5, 0.6) is 5.75 Å². The van der Waals surface area contributed by atoms with E-state index in [1.165, 1.54) is 6.92 Å². The van der Waals surface area contributed by atoms with E-state index in [2.05, 4.69) is 55.0 Å². The van der Waals surface area contributed by atoms with Gasteiger partial charge in [0.15, 0.2) is 0 Å². The maximum absolute atomic E-state index is 11.9. The van der Waals surface area contributed by atoms with Gasteiger partial charge in [0.25, 0.3) is 0 Å². The number of aliphatic hydroxyl groups excluding tert-OH is 6. The standard InChI is InChI=1S/C51H70N4O8/c1-5-8-11-14-20-35-38-23-24-40(52-38)36(21-15-12-9-6-2)47-49(60)50(61)48(55-47)37(22-16-13-10-7-3)41-26-28-43(54-41)46(42-27-25-39(35)53-42)33-18-17-19-34(29-33)62-51(44(59)30-56)63-45(31-57)32(4)58/h17-19,23-29,32,44-45,49-53,56-61H,5-16,20-22,30-31H2,1-4H3/t32-,44-,45?,49-,50+,51?/m0/s1. The van der Waals surface area contributed by atoms with E-state index in [4.69, 9.17) is 19.4 Å². The summed E-state index contributed by atoms with van der Waals surface area (Å²) < 4.78 is 11.9. The van der Waals surface area contributed by atoms with Gasteiger partial charge in [-0.15, -0.1) is 0 Å². The van der Waals surface area contributed by atoms with Crippen molar-refractivity contribution < 1.29 is 40.1 Å². The molecule has 63 heavy (non-hydrogen) atoms. The molecule has 0 aliphatic carbocycles. The molecule has 0 saturated heterocycles. The van der Waals surface area contributed by atoms with E-state index >= 15 is 0 Å². The highest BCUT2D eigenvalue weighted by atomic mass is 16.7. The molecule has 3 aromatic heterocycles. The van der Waals surface area contributed by atoms with E-state index in [1.807, 2.05) is 30.4 Å². The minimum Gasteiger partial charge on any atom is -0.462 e. The average molecular weight is 867 g/mol. The smallest absolute Gasteiger partial charge is 0.228 e. The summed E-state index contributed by atoms with van der Waals surface area (Å²) in [7, 11) is 0. The van der Waals surface area contributed by atoms with Crippen molar-refractivity contribution in [1.82, 2.24) is 19.9 Å². The number of hydrogen-bond acceptors (Lipinski definition) is 10. The first-order chi connectivity index (χ1) is 30.6. The quantitative estimate of drug-likeness (QED) is 0.0219. The van der Waals surface area contributed by atoms with Gasteiger partial charge in [0, 0.05) is 33.2 Å². The van der Waals surface area contributed by atoms with Gasteiger partial charge in [0.2, 0.25) is 6.29 Å². The molecule has 4 aromatic rings. The molecule has 2 unspecified atom stereocenters. The number of aryl methyl sites for hydroxylation is 2. The third-order valence-electron chi connectivity index (χ3n) is 12.3. The van der Waals surface area contributed by atoms with Gasteiger partial charge in [-0.3, -0.25) is 4.98 Å². The Kier molecular flexibility index (Phi) is 17.9. The zero-order valence-electron chi connectivity index (χ0n) is 37.7. The van der Waals surface area contributed by atoms with Crippen molar-refractivity contribution in [3.05, 3.63) is 88.0 Å². The number of H-pyrrole nitrogens is 2. The van der Waals surface area contributed by atoms with E-state index in [-0.39, 0.29) is 0 Å². The fourth-order valence-electron chi connectivity index (χ4n) is 8.64. The largest absolute Gasteiger partial charge is 0.462 e. The third kappa shape index (κ3) is 11.8. The molecule has 342 valence electrons.